The lowest BCUT2D eigenvalue weighted by molar-refractivity contribution is 0.245. The average Bonchev–Trinajstić information content (AvgIpc) is 1.83. The fourth-order valence-corrected chi connectivity index (χ4v) is 0.518. The molecule has 48 valence electrons. The second-order valence-electron chi connectivity index (χ2n) is 1.63. The lowest BCUT2D eigenvalue weighted by Gasteiger charge is -1.99. The van der Waals surface area contributed by atoms with Crippen molar-refractivity contribution in [3.8, 4) is 0 Å². The first-order valence-electron chi connectivity index (χ1n) is 2.31. The normalized spacial score (nSPS) is 14.2. The number of hydrogen-bond acceptors (Lipinski definition) is 2. The monoisotopic (exact) mass is 138 g/mol. The first kappa shape index (κ1) is 7.99. The van der Waals surface area contributed by atoms with Gasteiger partial charge in [0.05, 0.1) is 13.3 Å². The molecule has 0 spiro atoms. The molecule has 0 aliphatic heterocycles. The Labute approximate surface area is 49.3 Å². The van der Waals surface area contributed by atoms with Crippen LogP contribution in [0.4, 0.5) is 4.39 Å². The molecular formula is C4H8FO2P. The van der Waals surface area contributed by atoms with Gasteiger partial charge in [-0.1, -0.05) is 6.92 Å². The molecule has 0 heterocycles. The van der Waals surface area contributed by atoms with Crippen LogP contribution >= 0.6 is 8.69 Å². The minimum absolute atomic E-state index is 0.142. The maximum absolute atomic E-state index is 11.5. The molecule has 0 aromatic rings. The SMILES string of the molecule is CC(CF)COP=O. The van der Waals surface area contributed by atoms with E-state index in [4.69, 9.17) is 0 Å². The van der Waals surface area contributed by atoms with E-state index in [1.165, 1.54) is 0 Å². The molecule has 0 bridgehead atoms. The summed E-state index contributed by atoms with van der Waals surface area (Å²) in [4.78, 5) is 0. The Hall–Kier alpha value is -0.0100. The van der Waals surface area contributed by atoms with Crippen molar-refractivity contribution in [1.82, 2.24) is 0 Å². The van der Waals surface area contributed by atoms with Crippen molar-refractivity contribution >= 4 is 8.69 Å². The third-order valence-corrected chi connectivity index (χ3v) is 0.930. The summed E-state index contributed by atoms with van der Waals surface area (Å²) in [5.41, 5.74) is 0. The van der Waals surface area contributed by atoms with Gasteiger partial charge in [0.15, 0.2) is 0 Å². The van der Waals surface area contributed by atoms with E-state index < -0.39 is 6.67 Å². The predicted molar refractivity (Wildman–Crippen MR) is 28.7 cm³/mol. The second-order valence-corrected chi connectivity index (χ2v) is 2.04. The highest BCUT2D eigenvalue weighted by atomic mass is 31.1. The third kappa shape index (κ3) is 4.16. The second kappa shape index (κ2) is 5.13. The Morgan fingerprint density at radius 2 is 2.50 bits per heavy atom. The van der Waals surface area contributed by atoms with Crippen molar-refractivity contribution in [2.75, 3.05) is 13.3 Å². The molecule has 0 fully saturated rings. The fraction of sp³-hybridized carbons (Fsp3) is 1.00. The fourth-order valence-electron chi connectivity index (χ4n) is 0.202. The molecule has 1 atom stereocenters. The van der Waals surface area contributed by atoms with E-state index in [0.29, 0.717) is 0 Å². The molecule has 0 aromatic carbocycles. The van der Waals surface area contributed by atoms with E-state index >= 15 is 0 Å². The van der Waals surface area contributed by atoms with Gasteiger partial charge >= 0.3 is 8.69 Å². The smallest absolute Gasteiger partial charge is 0.294 e. The molecule has 0 rings (SSSR count). The molecule has 0 saturated heterocycles. The number of hydrogen-bond donors (Lipinski definition) is 0. The lowest BCUT2D eigenvalue weighted by Crippen LogP contribution is -2.02. The summed E-state index contributed by atoms with van der Waals surface area (Å²) in [5.74, 6) is -0.142. The Bertz CT molecular complexity index is 69.1. The summed E-state index contributed by atoms with van der Waals surface area (Å²) in [6.45, 7) is 1.49. The van der Waals surface area contributed by atoms with E-state index in [2.05, 4.69) is 4.52 Å². The van der Waals surface area contributed by atoms with Crippen molar-refractivity contribution in [3.05, 3.63) is 0 Å². The highest BCUT2D eigenvalue weighted by molar-refractivity contribution is 7.17. The topological polar surface area (TPSA) is 26.3 Å². The van der Waals surface area contributed by atoms with Crippen molar-refractivity contribution in [3.63, 3.8) is 0 Å². The van der Waals surface area contributed by atoms with E-state index in [-0.39, 0.29) is 21.2 Å². The van der Waals surface area contributed by atoms with Gasteiger partial charge < -0.3 is 0 Å². The van der Waals surface area contributed by atoms with Crippen LogP contribution in [0.3, 0.4) is 0 Å². The quantitative estimate of drug-likeness (QED) is 0.554. The van der Waals surface area contributed by atoms with Crippen LogP contribution < -0.4 is 0 Å². The van der Waals surface area contributed by atoms with Gasteiger partial charge in [0.1, 0.15) is 0 Å². The Morgan fingerprint density at radius 3 is 2.88 bits per heavy atom. The first-order valence-corrected chi connectivity index (χ1v) is 3.05. The van der Waals surface area contributed by atoms with Gasteiger partial charge in [-0.2, -0.15) is 0 Å². The van der Waals surface area contributed by atoms with Crippen molar-refractivity contribution in [2.24, 2.45) is 5.92 Å². The molecule has 4 heteroatoms. The van der Waals surface area contributed by atoms with Gasteiger partial charge in [0.2, 0.25) is 0 Å². The van der Waals surface area contributed by atoms with Crippen molar-refractivity contribution in [1.29, 1.82) is 0 Å². The van der Waals surface area contributed by atoms with Crippen molar-refractivity contribution < 1.29 is 13.5 Å². The van der Waals surface area contributed by atoms with E-state index in [9.17, 15) is 8.96 Å². The first-order chi connectivity index (χ1) is 3.81. The van der Waals surface area contributed by atoms with Gasteiger partial charge in [-0.05, 0) is 0 Å². The molecule has 8 heavy (non-hydrogen) atoms. The average molecular weight is 138 g/mol. The van der Waals surface area contributed by atoms with Crippen LogP contribution in [0.5, 0.6) is 0 Å². The van der Waals surface area contributed by atoms with Crippen molar-refractivity contribution in [2.45, 2.75) is 6.92 Å². The number of rotatable bonds is 4. The predicted octanol–water partition coefficient (Wildman–Crippen LogP) is 1.82. The zero-order valence-corrected chi connectivity index (χ0v) is 5.53. The minimum atomic E-state index is -0.421. The maximum Gasteiger partial charge on any atom is 0.327 e. The molecule has 0 aliphatic carbocycles. The Kier molecular flexibility index (Phi) is 5.13. The number of halogens is 1. The molecule has 0 radical (unpaired) electrons. The summed E-state index contributed by atoms with van der Waals surface area (Å²) in [6.07, 6.45) is 0. The lowest BCUT2D eigenvalue weighted by atomic mass is 10.2. The molecular weight excluding hydrogens is 130 g/mol. The minimum Gasteiger partial charge on any atom is -0.294 e. The summed E-state index contributed by atoms with van der Waals surface area (Å²) >= 11 is 0. The molecule has 0 amide bonds. The van der Waals surface area contributed by atoms with Gasteiger partial charge in [-0.25, -0.2) is 4.57 Å². The standard InChI is InChI=1S/C4H8FO2P/c1-4(2-5)3-7-8-6/h4H,2-3H2,1H3. The Balaban J connectivity index is 2.97. The van der Waals surface area contributed by atoms with Gasteiger partial charge in [-0.3, -0.25) is 8.91 Å². The highest BCUT2D eigenvalue weighted by Gasteiger charge is 1.98. The van der Waals surface area contributed by atoms with Gasteiger partial charge in [-0.15, -0.1) is 0 Å². The molecule has 1 unspecified atom stereocenters. The summed E-state index contributed by atoms with van der Waals surface area (Å²) in [7, 11) is -0.367. The van der Waals surface area contributed by atoms with Gasteiger partial charge in [0, 0.05) is 5.92 Å². The zero-order chi connectivity index (χ0) is 6.41. The summed E-state index contributed by atoms with van der Waals surface area (Å²) < 4.78 is 25.5. The highest BCUT2D eigenvalue weighted by Crippen LogP contribution is 2.01. The molecule has 2 nitrogen and oxygen atoms in total. The van der Waals surface area contributed by atoms with E-state index in [1.807, 2.05) is 0 Å². The van der Waals surface area contributed by atoms with Crippen LogP contribution in [0, 0.1) is 5.92 Å². The van der Waals surface area contributed by atoms with Crippen LogP contribution in [0.25, 0.3) is 0 Å². The largest absolute Gasteiger partial charge is 0.327 e. The number of alkyl halides is 1. The van der Waals surface area contributed by atoms with Gasteiger partial charge in [0.25, 0.3) is 0 Å². The van der Waals surface area contributed by atoms with E-state index in [0.717, 1.165) is 0 Å². The zero-order valence-electron chi connectivity index (χ0n) is 4.63. The maximum atomic E-state index is 11.5. The molecule has 0 aromatic heterocycles. The van der Waals surface area contributed by atoms with Crippen LogP contribution in [-0.4, -0.2) is 13.3 Å². The molecule has 0 saturated carbocycles. The van der Waals surface area contributed by atoms with E-state index in [1.54, 1.807) is 6.92 Å². The van der Waals surface area contributed by atoms with Crippen LogP contribution in [0.1, 0.15) is 6.92 Å². The van der Waals surface area contributed by atoms with Crippen LogP contribution in [0.15, 0.2) is 0 Å². The summed E-state index contributed by atoms with van der Waals surface area (Å²) in [6, 6.07) is 0. The molecule has 0 N–H and O–H groups in total. The molecule has 0 aliphatic rings. The van der Waals surface area contributed by atoms with Crippen LogP contribution in [-0.2, 0) is 9.09 Å². The summed E-state index contributed by atoms with van der Waals surface area (Å²) in [5, 5.41) is 0. The third-order valence-electron chi connectivity index (χ3n) is 0.675. The van der Waals surface area contributed by atoms with Crippen LogP contribution in [0.2, 0.25) is 0 Å². The Morgan fingerprint density at radius 1 is 1.88 bits per heavy atom.